The molecule has 0 fully saturated rings. The summed E-state index contributed by atoms with van der Waals surface area (Å²) < 4.78 is 0. The highest BCUT2D eigenvalue weighted by Gasteiger charge is 2.10. The summed E-state index contributed by atoms with van der Waals surface area (Å²) >= 11 is 1.46. The monoisotopic (exact) mass is 263 g/mol. The van der Waals surface area contributed by atoms with Crippen LogP contribution in [0.15, 0.2) is 24.0 Å². The first-order chi connectivity index (χ1) is 8.65. The lowest BCUT2D eigenvalue weighted by atomic mass is 10.3. The smallest absolute Gasteiger partial charge is 0.231 e. The number of nitrogens with zero attached hydrogens (tertiary/aromatic N) is 3. The van der Waals surface area contributed by atoms with E-state index in [2.05, 4.69) is 20.3 Å². The molecule has 0 saturated heterocycles. The van der Waals surface area contributed by atoms with Crippen LogP contribution in [0.5, 0.6) is 0 Å². The maximum Gasteiger partial charge on any atom is 0.231 e. The quantitative estimate of drug-likeness (QED) is 0.862. The molecule has 0 saturated carbocycles. The number of anilines is 1. The summed E-state index contributed by atoms with van der Waals surface area (Å²) in [6, 6.07) is 1.53. The highest BCUT2D eigenvalue weighted by Crippen LogP contribution is 2.16. The van der Waals surface area contributed by atoms with Gasteiger partial charge in [-0.1, -0.05) is 0 Å². The fourth-order valence-corrected chi connectivity index (χ4v) is 2.11. The highest BCUT2D eigenvalue weighted by atomic mass is 32.1. The molecule has 6 nitrogen and oxygen atoms in total. The van der Waals surface area contributed by atoms with Crippen molar-refractivity contribution in [2.24, 2.45) is 5.73 Å². The first-order valence-electron chi connectivity index (χ1n) is 5.41. The average molecular weight is 263 g/mol. The van der Waals surface area contributed by atoms with Crippen LogP contribution in [0.2, 0.25) is 0 Å². The zero-order valence-electron chi connectivity index (χ0n) is 9.83. The predicted octanol–water partition coefficient (Wildman–Crippen LogP) is 1.13. The van der Waals surface area contributed by atoms with E-state index in [1.54, 1.807) is 12.3 Å². The number of nitrogens with one attached hydrogen (secondary N) is 1. The molecule has 0 aromatic carbocycles. The van der Waals surface area contributed by atoms with E-state index in [-0.39, 0.29) is 18.4 Å². The van der Waals surface area contributed by atoms with Crippen molar-refractivity contribution in [1.82, 2.24) is 15.0 Å². The Morgan fingerprint density at radius 3 is 3.06 bits per heavy atom. The van der Waals surface area contributed by atoms with Crippen molar-refractivity contribution in [3.63, 3.8) is 0 Å². The summed E-state index contributed by atoms with van der Waals surface area (Å²) in [5.74, 6) is 0.327. The molecule has 1 unspecified atom stereocenters. The van der Waals surface area contributed by atoms with Crippen LogP contribution in [-0.4, -0.2) is 20.9 Å². The maximum absolute atomic E-state index is 11.7. The number of thiazole rings is 1. The van der Waals surface area contributed by atoms with Crippen LogP contribution in [0.1, 0.15) is 23.7 Å². The summed E-state index contributed by atoms with van der Waals surface area (Å²) in [4.78, 5) is 23.7. The van der Waals surface area contributed by atoms with Gasteiger partial charge in [0, 0.05) is 11.6 Å². The largest absolute Gasteiger partial charge is 0.322 e. The van der Waals surface area contributed by atoms with E-state index in [1.807, 2.05) is 12.3 Å². The summed E-state index contributed by atoms with van der Waals surface area (Å²) in [6.45, 7) is 1.86. The van der Waals surface area contributed by atoms with Crippen LogP contribution >= 0.6 is 11.3 Å². The van der Waals surface area contributed by atoms with Gasteiger partial charge in [0.15, 0.2) is 0 Å². The second-order valence-electron chi connectivity index (χ2n) is 3.79. The van der Waals surface area contributed by atoms with Crippen LogP contribution in [0.4, 0.5) is 5.82 Å². The van der Waals surface area contributed by atoms with Crippen molar-refractivity contribution in [2.45, 2.75) is 19.4 Å². The van der Waals surface area contributed by atoms with Gasteiger partial charge in [-0.15, -0.1) is 11.3 Å². The maximum atomic E-state index is 11.7. The number of carbonyl (C=O) groups is 1. The number of carbonyl (C=O) groups excluding carboxylic acids is 1. The first-order valence-corrected chi connectivity index (χ1v) is 6.29. The Bertz CT molecular complexity index is 525. The van der Waals surface area contributed by atoms with E-state index in [0.717, 1.165) is 10.7 Å². The van der Waals surface area contributed by atoms with Crippen molar-refractivity contribution in [1.29, 1.82) is 0 Å². The molecule has 2 aromatic rings. The summed E-state index contributed by atoms with van der Waals surface area (Å²) in [5, 5.41) is 5.35. The van der Waals surface area contributed by atoms with E-state index in [1.165, 1.54) is 17.7 Å². The Morgan fingerprint density at radius 2 is 2.44 bits per heavy atom. The van der Waals surface area contributed by atoms with Gasteiger partial charge in [0.1, 0.15) is 17.2 Å². The molecule has 0 aliphatic carbocycles. The normalized spacial score (nSPS) is 12.1. The lowest BCUT2D eigenvalue weighted by molar-refractivity contribution is -0.115. The van der Waals surface area contributed by atoms with E-state index in [0.29, 0.717) is 5.82 Å². The molecule has 2 rings (SSSR count). The Labute approximate surface area is 108 Å². The zero-order chi connectivity index (χ0) is 13.0. The highest BCUT2D eigenvalue weighted by molar-refractivity contribution is 7.09. The fourth-order valence-electron chi connectivity index (χ4n) is 1.33. The Hall–Kier alpha value is -1.86. The van der Waals surface area contributed by atoms with Gasteiger partial charge in [0.25, 0.3) is 0 Å². The molecule has 2 aromatic heterocycles. The lowest BCUT2D eigenvalue weighted by Gasteiger charge is -2.02. The molecule has 0 bridgehead atoms. The van der Waals surface area contributed by atoms with E-state index < -0.39 is 0 Å². The van der Waals surface area contributed by atoms with Crippen molar-refractivity contribution in [3.8, 4) is 0 Å². The van der Waals surface area contributed by atoms with Gasteiger partial charge < -0.3 is 11.1 Å². The minimum Gasteiger partial charge on any atom is -0.322 e. The molecule has 0 spiro atoms. The van der Waals surface area contributed by atoms with Crippen molar-refractivity contribution >= 4 is 23.1 Å². The molecule has 2 heterocycles. The molecular formula is C11H13N5OS. The third-order valence-electron chi connectivity index (χ3n) is 2.15. The Balaban J connectivity index is 1.95. The van der Waals surface area contributed by atoms with E-state index in [4.69, 9.17) is 5.73 Å². The number of aromatic nitrogens is 3. The van der Waals surface area contributed by atoms with Gasteiger partial charge in [-0.2, -0.15) is 0 Å². The minimum absolute atomic E-state index is 0.103. The van der Waals surface area contributed by atoms with Crippen molar-refractivity contribution < 1.29 is 4.79 Å². The van der Waals surface area contributed by atoms with Crippen LogP contribution in [-0.2, 0) is 11.2 Å². The van der Waals surface area contributed by atoms with Crippen LogP contribution in [0, 0.1) is 0 Å². The zero-order valence-corrected chi connectivity index (χ0v) is 10.6. The van der Waals surface area contributed by atoms with Gasteiger partial charge in [-0.3, -0.25) is 4.79 Å². The minimum atomic E-state index is -0.157. The number of rotatable bonds is 4. The molecule has 0 aliphatic rings. The van der Waals surface area contributed by atoms with Crippen LogP contribution in [0.3, 0.4) is 0 Å². The second kappa shape index (κ2) is 5.65. The second-order valence-corrected chi connectivity index (χ2v) is 4.68. The number of hydrogen-bond acceptors (Lipinski definition) is 6. The third-order valence-corrected chi connectivity index (χ3v) is 3.24. The molecule has 1 amide bonds. The summed E-state index contributed by atoms with van der Waals surface area (Å²) in [7, 11) is 0. The van der Waals surface area contributed by atoms with Gasteiger partial charge >= 0.3 is 0 Å². The van der Waals surface area contributed by atoms with Crippen molar-refractivity contribution in [3.05, 3.63) is 34.7 Å². The molecule has 18 heavy (non-hydrogen) atoms. The standard InChI is InChI=1S/C11H13N5OS/c1-7(12)11-15-8(5-18-11)4-10(17)16-9-2-3-13-6-14-9/h2-3,5-7H,4,12H2,1H3,(H,13,14,16,17). The van der Waals surface area contributed by atoms with Crippen LogP contribution < -0.4 is 11.1 Å². The molecule has 1 atom stereocenters. The van der Waals surface area contributed by atoms with E-state index in [9.17, 15) is 4.79 Å². The van der Waals surface area contributed by atoms with Gasteiger partial charge in [0.2, 0.25) is 5.91 Å². The number of hydrogen-bond donors (Lipinski definition) is 2. The molecule has 3 N–H and O–H groups in total. The first kappa shape index (κ1) is 12.6. The summed E-state index contributed by atoms with van der Waals surface area (Å²) in [5.41, 5.74) is 6.43. The summed E-state index contributed by atoms with van der Waals surface area (Å²) in [6.07, 6.45) is 3.17. The molecule has 94 valence electrons. The molecular weight excluding hydrogens is 250 g/mol. The SMILES string of the molecule is CC(N)c1nc(CC(=O)Nc2ccncn2)cs1. The molecule has 7 heteroatoms. The number of nitrogens with two attached hydrogens (primary N) is 1. The topological polar surface area (TPSA) is 93.8 Å². The lowest BCUT2D eigenvalue weighted by Crippen LogP contribution is -2.15. The predicted molar refractivity (Wildman–Crippen MR) is 69.1 cm³/mol. The number of amides is 1. The Kier molecular flexibility index (Phi) is 3.96. The molecule has 0 radical (unpaired) electrons. The Morgan fingerprint density at radius 1 is 1.61 bits per heavy atom. The van der Waals surface area contributed by atoms with E-state index >= 15 is 0 Å². The van der Waals surface area contributed by atoms with Crippen LogP contribution in [0.25, 0.3) is 0 Å². The fraction of sp³-hybridized carbons (Fsp3) is 0.273. The molecule has 0 aliphatic heterocycles. The van der Waals surface area contributed by atoms with Gasteiger partial charge in [-0.05, 0) is 13.0 Å². The van der Waals surface area contributed by atoms with Gasteiger partial charge in [0.05, 0.1) is 18.2 Å². The van der Waals surface area contributed by atoms with Crippen molar-refractivity contribution in [2.75, 3.05) is 5.32 Å². The van der Waals surface area contributed by atoms with Gasteiger partial charge in [-0.25, -0.2) is 15.0 Å². The average Bonchev–Trinajstić information content (AvgIpc) is 2.78. The third kappa shape index (κ3) is 3.31.